The zero-order valence-electron chi connectivity index (χ0n) is 17.0. The Kier molecular flexibility index (Phi) is 5.99. The highest BCUT2D eigenvalue weighted by atomic mass is 16.5. The fourth-order valence-electron chi connectivity index (χ4n) is 3.55. The number of nitrogens with zero attached hydrogens (tertiary/aromatic N) is 3. The number of methoxy groups -OCH3 is 2. The second-order valence-corrected chi connectivity index (χ2v) is 7.09. The highest BCUT2D eigenvalue weighted by Gasteiger charge is 2.26. The quantitative estimate of drug-likeness (QED) is 0.631. The van der Waals surface area contributed by atoms with E-state index in [-0.39, 0.29) is 11.8 Å². The second kappa shape index (κ2) is 9.00. The molecule has 3 heterocycles. The van der Waals surface area contributed by atoms with Crippen molar-refractivity contribution in [2.24, 2.45) is 0 Å². The summed E-state index contributed by atoms with van der Waals surface area (Å²) in [5, 5.41) is 11.1. The first-order chi connectivity index (χ1) is 14.7. The van der Waals surface area contributed by atoms with E-state index in [9.17, 15) is 4.79 Å². The van der Waals surface area contributed by atoms with Gasteiger partial charge in [-0.25, -0.2) is 0 Å². The highest BCUT2D eigenvalue weighted by Crippen LogP contribution is 2.31. The number of ether oxygens (including phenoxy) is 2. The van der Waals surface area contributed by atoms with Gasteiger partial charge in [-0.3, -0.25) is 9.69 Å². The monoisotopic (exact) mass is 412 g/mol. The lowest BCUT2D eigenvalue weighted by molar-refractivity contribution is -0.117. The molecule has 2 aromatic heterocycles. The van der Waals surface area contributed by atoms with E-state index < -0.39 is 0 Å². The number of carbonyl (C=O) groups excluding carboxylic acids is 1. The van der Waals surface area contributed by atoms with Crippen LogP contribution in [-0.4, -0.2) is 54.9 Å². The number of benzene rings is 1. The van der Waals surface area contributed by atoms with Crippen LogP contribution in [0, 0.1) is 0 Å². The van der Waals surface area contributed by atoms with Gasteiger partial charge in [-0.05, 0) is 50.2 Å². The Hall–Kier alpha value is -3.33. The lowest BCUT2D eigenvalue weighted by Gasteiger charge is -2.29. The molecule has 0 aliphatic carbocycles. The van der Waals surface area contributed by atoms with Crippen molar-refractivity contribution >= 4 is 11.6 Å². The number of amides is 1. The van der Waals surface area contributed by atoms with Crippen LogP contribution in [0.3, 0.4) is 0 Å². The predicted octanol–water partition coefficient (Wildman–Crippen LogP) is 3.16. The van der Waals surface area contributed by atoms with Crippen molar-refractivity contribution in [2.75, 3.05) is 39.2 Å². The van der Waals surface area contributed by atoms with Crippen LogP contribution in [0.25, 0.3) is 11.7 Å². The zero-order valence-corrected chi connectivity index (χ0v) is 17.0. The van der Waals surface area contributed by atoms with Crippen LogP contribution < -0.4 is 14.8 Å². The molecule has 158 valence electrons. The molecule has 3 aromatic rings. The van der Waals surface area contributed by atoms with Crippen LogP contribution in [0.2, 0.25) is 0 Å². The lowest BCUT2D eigenvalue weighted by Crippen LogP contribution is -2.38. The molecule has 0 spiro atoms. The number of anilines is 1. The van der Waals surface area contributed by atoms with Crippen LogP contribution >= 0.6 is 0 Å². The Balaban J connectivity index is 1.28. The van der Waals surface area contributed by atoms with Crippen LogP contribution in [0.4, 0.5) is 5.69 Å². The standard InChI is InChI=1S/C21H24N4O5/c1-27-16-6-5-15(12-18(16)28-2)22-19(26)13-25-9-7-14(8-10-25)20-23-24-21(30-20)17-4-3-11-29-17/h3-6,11-12,14H,7-10,13H2,1-2H3,(H,22,26). The average molecular weight is 412 g/mol. The Morgan fingerprint density at radius 1 is 1.17 bits per heavy atom. The Bertz CT molecular complexity index is 977. The van der Waals surface area contributed by atoms with Crippen molar-refractivity contribution in [1.29, 1.82) is 0 Å². The molecule has 1 saturated heterocycles. The van der Waals surface area contributed by atoms with Gasteiger partial charge < -0.3 is 23.6 Å². The number of carbonyl (C=O) groups is 1. The maximum Gasteiger partial charge on any atom is 0.283 e. The summed E-state index contributed by atoms with van der Waals surface area (Å²) in [5.74, 6) is 2.89. The van der Waals surface area contributed by atoms with Gasteiger partial charge in [0.25, 0.3) is 5.89 Å². The largest absolute Gasteiger partial charge is 0.493 e. The number of nitrogens with one attached hydrogen (secondary N) is 1. The first-order valence-electron chi connectivity index (χ1n) is 9.77. The van der Waals surface area contributed by atoms with Gasteiger partial charge in [-0.15, -0.1) is 10.2 Å². The molecule has 0 radical (unpaired) electrons. The van der Waals surface area contributed by atoms with E-state index >= 15 is 0 Å². The van der Waals surface area contributed by atoms with Crippen LogP contribution in [0.15, 0.2) is 45.4 Å². The Morgan fingerprint density at radius 3 is 2.67 bits per heavy atom. The van der Waals surface area contributed by atoms with Crippen LogP contribution in [0.5, 0.6) is 11.5 Å². The van der Waals surface area contributed by atoms with Gasteiger partial charge in [-0.1, -0.05) is 0 Å². The number of rotatable bonds is 7. The number of likely N-dealkylation sites (tertiary alicyclic amines) is 1. The van der Waals surface area contributed by atoms with Crippen molar-refractivity contribution in [2.45, 2.75) is 18.8 Å². The Morgan fingerprint density at radius 2 is 1.97 bits per heavy atom. The number of hydrogen-bond acceptors (Lipinski definition) is 8. The average Bonchev–Trinajstić information content (AvgIpc) is 3.46. The minimum Gasteiger partial charge on any atom is -0.493 e. The molecule has 0 atom stereocenters. The van der Waals surface area contributed by atoms with Gasteiger partial charge in [-0.2, -0.15) is 0 Å². The topological polar surface area (TPSA) is 103 Å². The van der Waals surface area contributed by atoms with Crippen molar-refractivity contribution in [3.63, 3.8) is 0 Å². The molecule has 1 amide bonds. The molecular weight excluding hydrogens is 388 g/mol. The summed E-state index contributed by atoms with van der Waals surface area (Å²) in [6.45, 7) is 1.88. The minimum absolute atomic E-state index is 0.0708. The summed E-state index contributed by atoms with van der Waals surface area (Å²) in [6, 6.07) is 8.87. The normalized spacial score (nSPS) is 15.1. The van der Waals surface area contributed by atoms with Crippen molar-refractivity contribution in [1.82, 2.24) is 15.1 Å². The molecule has 0 unspecified atom stereocenters. The summed E-state index contributed by atoms with van der Waals surface area (Å²) in [4.78, 5) is 14.6. The van der Waals surface area contributed by atoms with Crippen LogP contribution in [0.1, 0.15) is 24.7 Å². The van der Waals surface area contributed by atoms with Gasteiger partial charge in [0.15, 0.2) is 17.3 Å². The maximum absolute atomic E-state index is 12.4. The minimum atomic E-state index is -0.0708. The van der Waals surface area contributed by atoms with Gasteiger partial charge in [0.05, 0.1) is 27.0 Å². The van der Waals surface area contributed by atoms with Gasteiger partial charge in [0.1, 0.15) is 0 Å². The lowest BCUT2D eigenvalue weighted by atomic mass is 9.97. The first-order valence-corrected chi connectivity index (χ1v) is 9.77. The molecule has 4 rings (SSSR count). The molecule has 1 fully saturated rings. The van der Waals surface area contributed by atoms with Crippen molar-refractivity contribution in [3.8, 4) is 23.1 Å². The van der Waals surface area contributed by atoms with Crippen molar-refractivity contribution in [3.05, 3.63) is 42.5 Å². The summed E-state index contributed by atoms with van der Waals surface area (Å²) in [5.41, 5.74) is 0.670. The number of hydrogen-bond donors (Lipinski definition) is 1. The number of piperidine rings is 1. The van der Waals surface area contributed by atoms with E-state index in [1.54, 1.807) is 50.8 Å². The van der Waals surface area contributed by atoms with E-state index in [0.717, 1.165) is 25.9 Å². The van der Waals surface area contributed by atoms with E-state index in [4.69, 9.17) is 18.3 Å². The third kappa shape index (κ3) is 4.46. The Labute approximate surface area is 174 Å². The molecule has 0 saturated carbocycles. The molecule has 0 bridgehead atoms. The molecule has 9 heteroatoms. The smallest absolute Gasteiger partial charge is 0.283 e. The predicted molar refractivity (Wildman–Crippen MR) is 109 cm³/mol. The third-order valence-corrected chi connectivity index (χ3v) is 5.14. The summed E-state index contributed by atoms with van der Waals surface area (Å²) < 4.78 is 21.6. The molecule has 30 heavy (non-hydrogen) atoms. The van der Waals surface area contributed by atoms with Crippen molar-refractivity contribution < 1.29 is 23.1 Å². The molecular formula is C21H24N4O5. The van der Waals surface area contributed by atoms with Gasteiger partial charge in [0, 0.05) is 17.7 Å². The van der Waals surface area contributed by atoms with E-state index in [0.29, 0.717) is 41.3 Å². The van der Waals surface area contributed by atoms with Crippen LogP contribution in [-0.2, 0) is 4.79 Å². The summed E-state index contributed by atoms with van der Waals surface area (Å²) >= 11 is 0. The third-order valence-electron chi connectivity index (χ3n) is 5.14. The second-order valence-electron chi connectivity index (χ2n) is 7.09. The molecule has 9 nitrogen and oxygen atoms in total. The number of aromatic nitrogens is 2. The highest BCUT2D eigenvalue weighted by molar-refractivity contribution is 5.92. The fraction of sp³-hybridized carbons (Fsp3) is 0.381. The molecule has 1 aliphatic rings. The van der Waals surface area contributed by atoms with E-state index in [1.165, 1.54) is 0 Å². The molecule has 1 aliphatic heterocycles. The summed E-state index contributed by atoms with van der Waals surface area (Å²) in [7, 11) is 3.14. The summed E-state index contributed by atoms with van der Waals surface area (Å²) in [6.07, 6.45) is 3.28. The first kappa shape index (κ1) is 20.0. The van der Waals surface area contributed by atoms with E-state index in [1.807, 2.05) is 0 Å². The number of furan rings is 1. The van der Waals surface area contributed by atoms with Gasteiger partial charge >= 0.3 is 0 Å². The zero-order chi connectivity index (χ0) is 20.9. The fourth-order valence-corrected chi connectivity index (χ4v) is 3.55. The molecule has 1 aromatic carbocycles. The molecule has 1 N–H and O–H groups in total. The SMILES string of the molecule is COc1ccc(NC(=O)CN2CCC(c3nnc(-c4ccco4)o3)CC2)cc1OC. The van der Waals surface area contributed by atoms with Gasteiger partial charge in [0.2, 0.25) is 11.8 Å². The maximum atomic E-state index is 12.4. The van der Waals surface area contributed by atoms with E-state index in [2.05, 4.69) is 20.4 Å².